The number of nitrogens with two attached hydrogens (primary N) is 1. The van der Waals surface area contributed by atoms with Crippen LogP contribution < -0.4 is 10.0 Å². The van der Waals surface area contributed by atoms with Gasteiger partial charge in [0, 0.05) is 16.7 Å². The van der Waals surface area contributed by atoms with Gasteiger partial charge in [0.2, 0.25) is 0 Å². The van der Waals surface area contributed by atoms with Crippen LogP contribution in [0.15, 0.2) is 91.0 Å². The largest absolute Gasteiger partial charge is 1.00 e. The highest BCUT2D eigenvalue weighted by Gasteiger charge is 2.16. The molecule has 0 radical (unpaired) electrons. The molecule has 3 aromatic carbocycles. The fourth-order valence-corrected chi connectivity index (χ4v) is 2.65. The molecule has 0 saturated heterocycles. The third-order valence-electron chi connectivity index (χ3n) is 3.75. The highest BCUT2D eigenvalue weighted by atomic mass is 19.4. The first-order valence-electron chi connectivity index (χ1n) is 8.06. The van der Waals surface area contributed by atoms with Gasteiger partial charge in [0.15, 0.2) is 0 Å². The number of quaternary nitrogens is 1. The lowest BCUT2D eigenvalue weighted by Crippen LogP contribution is -3.00. The van der Waals surface area contributed by atoms with Gasteiger partial charge in [-0.05, 0) is 0 Å². The van der Waals surface area contributed by atoms with Gasteiger partial charge in [0.05, 0.1) is 0 Å². The van der Waals surface area contributed by atoms with E-state index in [1.165, 1.54) is 16.7 Å². The van der Waals surface area contributed by atoms with Gasteiger partial charge in [-0.1, -0.05) is 91.0 Å². The predicted octanol–water partition coefficient (Wildman–Crippen LogP) is 1.42. The van der Waals surface area contributed by atoms with Crippen LogP contribution in [0.3, 0.4) is 0 Å². The van der Waals surface area contributed by atoms with Crippen molar-refractivity contribution in [2.24, 2.45) is 0 Å². The molecule has 0 fully saturated rings. The maximum absolute atomic E-state index is 9.67. The molecule has 0 aliphatic rings. The molecule has 0 atom stereocenters. The summed E-state index contributed by atoms with van der Waals surface area (Å²) in [6.07, 6.45) is 0. The first-order chi connectivity index (χ1) is 12.2. The molecule has 0 spiro atoms. The van der Waals surface area contributed by atoms with E-state index in [0.29, 0.717) is 6.04 Å². The van der Waals surface area contributed by atoms with Crippen LogP contribution in [0.4, 0.5) is 12.9 Å². The summed E-state index contributed by atoms with van der Waals surface area (Å²) in [4.78, 5) is 0. The second-order valence-electron chi connectivity index (χ2n) is 5.47. The standard InChI is InChI=1S/C20H19N.BF3.FH/c1-4-10-17(11-5-1)16-21-20(18-12-6-2-7-13-18)19-14-8-3-9-15-19;2-1(3)4;/h1-15,20-21H,16H2;;1H. The van der Waals surface area contributed by atoms with Gasteiger partial charge in [-0.3, -0.25) is 12.9 Å². The van der Waals surface area contributed by atoms with Crippen molar-refractivity contribution in [1.82, 2.24) is 0 Å². The van der Waals surface area contributed by atoms with E-state index in [-0.39, 0.29) is 4.70 Å². The van der Waals surface area contributed by atoms with Crippen LogP contribution >= 0.6 is 0 Å². The first-order valence-corrected chi connectivity index (χ1v) is 8.06. The number of hydrogen-bond acceptors (Lipinski definition) is 0. The topological polar surface area (TPSA) is 16.6 Å². The van der Waals surface area contributed by atoms with Crippen molar-refractivity contribution in [3.05, 3.63) is 108 Å². The zero-order valence-corrected chi connectivity index (χ0v) is 14.1. The van der Waals surface area contributed by atoms with Gasteiger partial charge in [-0.15, -0.1) is 0 Å². The molecule has 26 heavy (non-hydrogen) atoms. The van der Waals surface area contributed by atoms with Crippen LogP contribution in [0.1, 0.15) is 22.7 Å². The maximum atomic E-state index is 9.67. The second kappa shape index (κ2) is 11.9. The fourth-order valence-electron chi connectivity index (χ4n) is 2.65. The van der Waals surface area contributed by atoms with Gasteiger partial charge in [0.25, 0.3) is 0 Å². The van der Waals surface area contributed by atoms with Gasteiger partial charge < -0.3 is 10.0 Å². The third kappa shape index (κ3) is 7.53. The molecular weight excluding hydrogens is 341 g/mol. The summed E-state index contributed by atoms with van der Waals surface area (Å²) in [6.45, 7) is 0.981. The Balaban J connectivity index is 0.000000616. The lowest BCUT2D eigenvalue weighted by atomic mass is 9.98. The van der Waals surface area contributed by atoms with E-state index in [4.69, 9.17) is 0 Å². The second-order valence-corrected chi connectivity index (χ2v) is 5.47. The van der Waals surface area contributed by atoms with E-state index < -0.39 is 7.54 Å². The summed E-state index contributed by atoms with van der Waals surface area (Å²) in [6, 6.07) is 32.4. The predicted molar refractivity (Wildman–Crippen MR) is 95.9 cm³/mol. The average Bonchev–Trinajstić information content (AvgIpc) is 2.64. The van der Waals surface area contributed by atoms with Crippen molar-refractivity contribution >= 4 is 7.54 Å². The monoisotopic (exact) mass is 361 g/mol. The van der Waals surface area contributed by atoms with Gasteiger partial charge in [-0.25, -0.2) is 0 Å². The molecule has 0 unspecified atom stereocenters. The Bertz CT molecular complexity index is 669. The van der Waals surface area contributed by atoms with Crippen LogP contribution in [-0.4, -0.2) is 7.54 Å². The number of rotatable bonds is 5. The summed E-state index contributed by atoms with van der Waals surface area (Å²) in [7, 11) is -3.67. The Morgan fingerprint density at radius 3 is 1.38 bits per heavy atom. The molecule has 0 heterocycles. The number of halogens is 4. The Kier molecular flexibility index (Phi) is 9.79. The molecule has 0 aliphatic carbocycles. The summed E-state index contributed by atoms with van der Waals surface area (Å²) >= 11 is 0. The summed E-state index contributed by atoms with van der Waals surface area (Å²) in [5.74, 6) is 0. The minimum atomic E-state index is -3.67. The van der Waals surface area contributed by atoms with Crippen LogP contribution in [0, 0.1) is 0 Å². The minimum Gasteiger partial charge on any atom is -1.00 e. The van der Waals surface area contributed by atoms with Crippen LogP contribution in [0.25, 0.3) is 0 Å². The van der Waals surface area contributed by atoms with Gasteiger partial charge in [-0.2, -0.15) is 0 Å². The van der Waals surface area contributed by atoms with E-state index in [0.717, 1.165) is 6.54 Å². The van der Waals surface area contributed by atoms with E-state index in [2.05, 4.69) is 96.3 Å². The molecule has 3 aromatic rings. The van der Waals surface area contributed by atoms with Crippen molar-refractivity contribution in [3.63, 3.8) is 0 Å². The molecule has 0 aromatic heterocycles. The van der Waals surface area contributed by atoms with E-state index in [1.54, 1.807) is 0 Å². The molecule has 2 N–H and O–H groups in total. The van der Waals surface area contributed by atoms with E-state index >= 15 is 0 Å². The molecule has 0 saturated carbocycles. The lowest BCUT2D eigenvalue weighted by Gasteiger charge is -2.16. The molecule has 0 bridgehead atoms. The maximum Gasteiger partial charge on any atom is 0.762 e. The Morgan fingerprint density at radius 1 is 0.654 bits per heavy atom. The normalized spacial score (nSPS) is 9.69. The Morgan fingerprint density at radius 2 is 1.00 bits per heavy atom. The zero-order chi connectivity index (χ0) is 17.9. The van der Waals surface area contributed by atoms with Crippen LogP contribution in [0.5, 0.6) is 0 Å². The third-order valence-corrected chi connectivity index (χ3v) is 3.75. The lowest BCUT2D eigenvalue weighted by molar-refractivity contribution is -0.702. The van der Waals surface area contributed by atoms with Crippen molar-refractivity contribution in [2.45, 2.75) is 12.6 Å². The van der Waals surface area contributed by atoms with E-state index in [1.807, 2.05) is 0 Å². The van der Waals surface area contributed by atoms with Crippen molar-refractivity contribution in [1.29, 1.82) is 0 Å². The van der Waals surface area contributed by atoms with Crippen molar-refractivity contribution < 1.29 is 23.0 Å². The summed E-state index contributed by atoms with van der Waals surface area (Å²) in [5, 5.41) is 2.40. The van der Waals surface area contributed by atoms with Crippen molar-refractivity contribution in [3.8, 4) is 0 Å². The smallest absolute Gasteiger partial charge is 0.762 e. The average molecular weight is 361 g/mol. The molecule has 136 valence electrons. The Labute approximate surface area is 151 Å². The quantitative estimate of drug-likeness (QED) is 0.523. The first kappa shape index (κ1) is 21.4. The molecule has 6 heteroatoms. The summed E-state index contributed by atoms with van der Waals surface area (Å²) in [5.41, 5.74) is 4.05. The molecule has 1 nitrogen and oxygen atoms in total. The summed E-state index contributed by atoms with van der Waals surface area (Å²) < 4.78 is 29.0. The molecule has 0 aliphatic heterocycles. The van der Waals surface area contributed by atoms with Gasteiger partial charge in [0.1, 0.15) is 12.6 Å². The molecular formula is C20H20BF4N. The minimum absolute atomic E-state index is 0. The SMILES string of the molecule is FB(F)F.[F-].c1ccc(C[NH2+]C(c2ccccc2)c2ccccc2)cc1. The van der Waals surface area contributed by atoms with Gasteiger partial charge >= 0.3 is 7.54 Å². The Hall–Kier alpha value is -2.60. The zero-order valence-electron chi connectivity index (χ0n) is 14.1. The number of benzene rings is 3. The highest BCUT2D eigenvalue weighted by molar-refractivity contribution is 6.33. The highest BCUT2D eigenvalue weighted by Crippen LogP contribution is 2.17. The number of hydrogen-bond donors (Lipinski definition) is 1. The molecule has 3 rings (SSSR count). The van der Waals surface area contributed by atoms with Crippen LogP contribution in [0.2, 0.25) is 0 Å². The van der Waals surface area contributed by atoms with Crippen molar-refractivity contribution in [2.75, 3.05) is 0 Å². The van der Waals surface area contributed by atoms with Crippen LogP contribution in [-0.2, 0) is 6.54 Å². The molecule has 0 amide bonds. The van der Waals surface area contributed by atoms with E-state index in [9.17, 15) is 12.9 Å². The fraction of sp³-hybridized carbons (Fsp3) is 0.100.